The molecule has 1 fully saturated rings. The van der Waals surface area contributed by atoms with Crippen LogP contribution in [0, 0.1) is 0 Å². The van der Waals surface area contributed by atoms with Crippen LogP contribution in [-0.2, 0) is 6.54 Å². The van der Waals surface area contributed by atoms with Gasteiger partial charge in [0.15, 0.2) is 0 Å². The van der Waals surface area contributed by atoms with Crippen molar-refractivity contribution < 1.29 is 0 Å². The van der Waals surface area contributed by atoms with Crippen molar-refractivity contribution in [3.05, 3.63) is 29.6 Å². The molecule has 0 atom stereocenters. The molecule has 2 rings (SSSR count). The van der Waals surface area contributed by atoms with Crippen molar-refractivity contribution in [1.29, 1.82) is 0 Å². The molecule has 15 heavy (non-hydrogen) atoms. The molecular formula is C13H20N2. The highest BCUT2D eigenvalue weighted by molar-refractivity contribution is 5.27. The zero-order valence-electron chi connectivity index (χ0n) is 9.28. The number of hydrogen-bond acceptors (Lipinski definition) is 2. The van der Waals surface area contributed by atoms with Crippen molar-refractivity contribution >= 4 is 0 Å². The fourth-order valence-corrected chi connectivity index (χ4v) is 2.60. The zero-order chi connectivity index (χ0) is 10.5. The van der Waals surface area contributed by atoms with Crippen molar-refractivity contribution in [3.63, 3.8) is 0 Å². The monoisotopic (exact) mass is 204 g/mol. The Bertz CT molecular complexity index is 301. The third-order valence-corrected chi connectivity index (χ3v) is 3.46. The first-order valence-corrected chi connectivity index (χ1v) is 6.04. The van der Waals surface area contributed by atoms with Gasteiger partial charge in [0, 0.05) is 18.9 Å². The molecule has 0 unspecified atom stereocenters. The Morgan fingerprint density at radius 2 is 1.93 bits per heavy atom. The van der Waals surface area contributed by atoms with E-state index in [1.807, 2.05) is 12.4 Å². The van der Waals surface area contributed by atoms with Crippen LogP contribution in [-0.4, -0.2) is 4.98 Å². The molecule has 0 radical (unpaired) electrons. The fourth-order valence-electron chi connectivity index (χ4n) is 2.60. The summed E-state index contributed by atoms with van der Waals surface area (Å²) < 4.78 is 0. The van der Waals surface area contributed by atoms with E-state index in [1.165, 1.54) is 49.7 Å². The number of nitrogens with zero attached hydrogens (tertiary/aromatic N) is 1. The molecule has 1 saturated carbocycles. The zero-order valence-corrected chi connectivity index (χ0v) is 9.28. The van der Waals surface area contributed by atoms with E-state index in [-0.39, 0.29) is 0 Å². The standard InChI is InChI=1S/C13H20N2/c14-9-12-10-15-8-7-13(12)11-5-3-1-2-4-6-11/h7-8,10-11H,1-6,9,14H2. The van der Waals surface area contributed by atoms with E-state index in [2.05, 4.69) is 11.1 Å². The van der Waals surface area contributed by atoms with Crippen molar-refractivity contribution in [3.8, 4) is 0 Å². The van der Waals surface area contributed by atoms with E-state index < -0.39 is 0 Å². The van der Waals surface area contributed by atoms with Crippen LogP contribution in [0.2, 0.25) is 0 Å². The molecule has 1 aliphatic rings. The topological polar surface area (TPSA) is 38.9 Å². The smallest absolute Gasteiger partial charge is 0.0315 e. The molecule has 0 spiro atoms. The molecule has 82 valence electrons. The van der Waals surface area contributed by atoms with E-state index in [1.54, 1.807) is 0 Å². The Morgan fingerprint density at radius 3 is 2.60 bits per heavy atom. The van der Waals surface area contributed by atoms with E-state index in [4.69, 9.17) is 5.73 Å². The molecular weight excluding hydrogens is 184 g/mol. The van der Waals surface area contributed by atoms with Gasteiger partial charge in [0.2, 0.25) is 0 Å². The molecule has 1 aromatic heterocycles. The highest BCUT2D eigenvalue weighted by Gasteiger charge is 2.16. The van der Waals surface area contributed by atoms with E-state index in [9.17, 15) is 0 Å². The summed E-state index contributed by atoms with van der Waals surface area (Å²) in [5.41, 5.74) is 8.45. The minimum Gasteiger partial charge on any atom is -0.326 e. The van der Waals surface area contributed by atoms with Gasteiger partial charge >= 0.3 is 0 Å². The van der Waals surface area contributed by atoms with Gasteiger partial charge in [-0.05, 0) is 36.0 Å². The fraction of sp³-hybridized carbons (Fsp3) is 0.615. The third kappa shape index (κ3) is 2.57. The maximum absolute atomic E-state index is 5.76. The van der Waals surface area contributed by atoms with Crippen molar-refractivity contribution in [2.45, 2.75) is 51.0 Å². The van der Waals surface area contributed by atoms with Crippen LogP contribution in [0.4, 0.5) is 0 Å². The van der Waals surface area contributed by atoms with Crippen LogP contribution in [0.5, 0.6) is 0 Å². The first kappa shape index (κ1) is 10.6. The molecule has 0 aliphatic heterocycles. The first-order valence-electron chi connectivity index (χ1n) is 6.04. The predicted octanol–water partition coefficient (Wildman–Crippen LogP) is 2.98. The van der Waals surface area contributed by atoms with E-state index in [0.717, 1.165) is 5.92 Å². The van der Waals surface area contributed by atoms with Crippen molar-refractivity contribution in [1.82, 2.24) is 4.98 Å². The Balaban J connectivity index is 2.18. The summed E-state index contributed by atoms with van der Waals surface area (Å²) in [7, 11) is 0. The Kier molecular flexibility index (Phi) is 3.73. The molecule has 0 bridgehead atoms. The van der Waals surface area contributed by atoms with Crippen LogP contribution in [0.3, 0.4) is 0 Å². The lowest BCUT2D eigenvalue weighted by molar-refractivity contribution is 0.586. The summed E-state index contributed by atoms with van der Waals surface area (Å²) in [5.74, 6) is 0.731. The van der Waals surface area contributed by atoms with Crippen LogP contribution in [0.1, 0.15) is 55.6 Å². The highest BCUT2D eigenvalue weighted by Crippen LogP contribution is 2.32. The molecule has 0 amide bonds. The Morgan fingerprint density at radius 1 is 1.20 bits per heavy atom. The second kappa shape index (κ2) is 5.26. The number of hydrogen-bond donors (Lipinski definition) is 1. The quantitative estimate of drug-likeness (QED) is 0.752. The lowest BCUT2D eigenvalue weighted by atomic mass is 9.89. The van der Waals surface area contributed by atoms with Crippen molar-refractivity contribution in [2.24, 2.45) is 5.73 Å². The van der Waals surface area contributed by atoms with E-state index >= 15 is 0 Å². The van der Waals surface area contributed by atoms with Gasteiger partial charge in [-0.15, -0.1) is 0 Å². The largest absolute Gasteiger partial charge is 0.326 e. The first-order chi connectivity index (χ1) is 7.42. The third-order valence-electron chi connectivity index (χ3n) is 3.46. The Hall–Kier alpha value is -0.890. The van der Waals surface area contributed by atoms with Gasteiger partial charge in [0.05, 0.1) is 0 Å². The molecule has 1 aliphatic carbocycles. The van der Waals surface area contributed by atoms with Gasteiger partial charge in [0.25, 0.3) is 0 Å². The predicted molar refractivity (Wildman–Crippen MR) is 62.6 cm³/mol. The summed E-state index contributed by atoms with van der Waals surface area (Å²) >= 11 is 0. The lowest BCUT2D eigenvalue weighted by Gasteiger charge is -2.17. The van der Waals surface area contributed by atoms with Crippen LogP contribution >= 0.6 is 0 Å². The molecule has 0 aromatic carbocycles. The van der Waals surface area contributed by atoms with Crippen LogP contribution < -0.4 is 5.73 Å². The molecule has 2 N–H and O–H groups in total. The van der Waals surface area contributed by atoms with Gasteiger partial charge in [-0.3, -0.25) is 4.98 Å². The molecule has 1 heterocycles. The lowest BCUT2D eigenvalue weighted by Crippen LogP contribution is -2.06. The molecule has 0 saturated heterocycles. The number of aromatic nitrogens is 1. The second-order valence-electron chi connectivity index (χ2n) is 4.47. The van der Waals surface area contributed by atoms with Crippen LogP contribution in [0.25, 0.3) is 0 Å². The molecule has 1 aromatic rings. The summed E-state index contributed by atoms with van der Waals surface area (Å²) in [5, 5.41) is 0. The highest BCUT2D eigenvalue weighted by atomic mass is 14.6. The average molecular weight is 204 g/mol. The summed E-state index contributed by atoms with van der Waals surface area (Å²) in [6.45, 7) is 0.625. The minimum absolute atomic E-state index is 0.625. The Labute approximate surface area is 91.9 Å². The van der Waals surface area contributed by atoms with Gasteiger partial charge in [-0.1, -0.05) is 25.7 Å². The van der Waals surface area contributed by atoms with Gasteiger partial charge in [-0.25, -0.2) is 0 Å². The van der Waals surface area contributed by atoms with Crippen molar-refractivity contribution in [2.75, 3.05) is 0 Å². The number of nitrogens with two attached hydrogens (primary N) is 1. The number of rotatable bonds is 2. The molecule has 2 heteroatoms. The maximum Gasteiger partial charge on any atom is 0.0315 e. The summed E-state index contributed by atoms with van der Waals surface area (Å²) in [6, 6.07) is 2.16. The van der Waals surface area contributed by atoms with E-state index in [0.29, 0.717) is 6.54 Å². The minimum atomic E-state index is 0.625. The second-order valence-corrected chi connectivity index (χ2v) is 4.47. The summed E-state index contributed by atoms with van der Waals surface area (Å²) in [6.07, 6.45) is 12.0. The SMILES string of the molecule is NCc1cnccc1C1CCCCCC1. The molecule has 2 nitrogen and oxygen atoms in total. The van der Waals surface area contributed by atoms with Gasteiger partial charge in [0.1, 0.15) is 0 Å². The van der Waals surface area contributed by atoms with Crippen LogP contribution in [0.15, 0.2) is 18.5 Å². The summed E-state index contributed by atoms with van der Waals surface area (Å²) in [4.78, 5) is 4.15. The normalized spacial score (nSPS) is 18.7. The van der Waals surface area contributed by atoms with Gasteiger partial charge < -0.3 is 5.73 Å². The average Bonchev–Trinajstić information content (AvgIpc) is 2.57. The van der Waals surface area contributed by atoms with Gasteiger partial charge in [-0.2, -0.15) is 0 Å². The number of pyridine rings is 1. The maximum atomic E-state index is 5.76.